The molecule has 1 spiro atoms. The fourth-order valence-corrected chi connectivity index (χ4v) is 10.5. The van der Waals surface area contributed by atoms with Crippen LogP contribution in [0.3, 0.4) is 0 Å². The van der Waals surface area contributed by atoms with Crippen LogP contribution < -0.4 is 0 Å². The van der Waals surface area contributed by atoms with Crippen LogP contribution in [0.25, 0.3) is 0 Å². The Morgan fingerprint density at radius 3 is 2.26 bits per heavy atom. The highest BCUT2D eigenvalue weighted by molar-refractivity contribution is 5.12. The van der Waals surface area contributed by atoms with E-state index in [1.54, 1.807) is 5.06 Å². The Kier molecular flexibility index (Phi) is 6.55. The summed E-state index contributed by atoms with van der Waals surface area (Å²) < 4.78 is 6.39. The highest BCUT2D eigenvalue weighted by Crippen LogP contribution is 2.69. The van der Waals surface area contributed by atoms with Gasteiger partial charge < -0.3 is 9.94 Å². The fraction of sp³-hybridized carbons (Fsp3) is 1.00. The number of nitrogens with zero attached hydrogens (tertiary/aromatic N) is 1. The maximum atomic E-state index is 11.1. The second-order valence-corrected chi connectivity index (χ2v) is 15.3. The monoisotopic (exact) mass is 473 g/mol. The zero-order valence-corrected chi connectivity index (χ0v) is 23.5. The molecule has 4 saturated carbocycles. The molecule has 0 aromatic heterocycles. The van der Waals surface area contributed by atoms with Crippen molar-refractivity contribution in [2.75, 3.05) is 6.61 Å². The third kappa shape index (κ3) is 3.85. The SMILES string of the molecule is CC(C)CCC[C@@H](C)[C@H]1CCC2C3CC[C@H]4CC5(CC[C@]4(C)C3CC[C@@]21C)OCC(C)(C)N5O. The molecular weight excluding hydrogens is 418 g/mol. The van der Waals surface area contributed by atoms with Crippen molar-refractivity contribution in [1.82, 2.24) is 5.06 Å². The molecule has 4 aliphatic carbocycles. The first-order valence-corrected chi connectivity index (χ1v) is 15.1. The van der Waals surface area contributed by atoms with Crippen molar-refractivity contribution in [2.45, 2.75) is 137 Å². The zero-order valence-electron chi connectivity index (χ0n) is 23.5. The summed E-state index contributed by atoms with van der Waals surface area (Å²) in [7, 11) is 0. The minimum Gasteiger partial charge on any atom is -0.356 e. The van der Waals surface area contributed by atoms with E-state index in [-0.39, 0.29) is 5.54 Å². The second kappa shape index (κ2) is 8.73. The van der Waals surface area contributed by atoms with Crippen LogP contribution in [0.5, 0.6) is 0 Å². The molecule has 4 unspecified atom stereocenters. The van der Waals surface area contributed by atoms with Crippen molar-refractivity contribution >= 4 is 0 Å². The molecule has 0 bridgehead atoms. The average molecular weight is 474 g/mol. The topological polar surface area (TPSA) is 32.7 Å². The lowest BCUT2D eigenvalue weighted by molar-refractivity contribution is -0.283. The molecule has 9 atom stereocenters. The van der Waals surface area contributed by atoms with E-state index >= 15 is 0 Å². The predicted molar refractivity (Wildman–Crippen MR) is 139 cm³/mol. The molecule has 5 aliphatic rings. The van der Waals surface area contributed by atoms with Crippen LogP contribution >= 0.6 is 0 Å². The van der Waals surface area contributed by atoms with Crippen molar-refractivity contribution < 1.29 is 9.94 Å². The highest BCUT2D eigenvalue weighted by atomic mass is 16.6. The van der Waals surface area contributed by atoms with Gasteiger partial charge in [0.25, 0.3) is 0 Å². The summed E-state index contributed by atoms with van der Waals surface area (Å²) in [6, 6.07) is 0. The number of fused-ring (bicyclic) bond motifs is 5. The van der Waals surface area contributed by atoms with Gasteiger partial charge in [-0.3, -0.25) is 0 Å². The second-order valence-electron chi connectivity index (χ2n) is 15.3. The predicted octanol–water partition coefficient (Wildman–Crippen LogP) is 8.30. The van der Waals surface area contributed by atoms with Crippen LogP contribution in [0.2, 0.25) is 0 Å². The molecule has 0 radical (unpaired) electrons. The highest BCUT2D eigenvalue weighted by Gasteiger charge is 2.64. The molecular formula is C31H55NO2. The van der Waals surface area contributed by atoms with Crippen molar-refractivity contribution in [1.29, 1.82) is 0 Å². The molecule has 0 aromatic carbocycles. The van der Waals surface area contributed by atoms with Crippen molar-refractivity contribution in [3.63, 3.8) is 0 Å². The molecule has 3 nitrogen and oxygen atoms in total. The van der Waals surface area contributed by atoms with Crippen LogP contribution in [0.4, 0.5) is 0 Å². The Bertz CT molecular complexity index is 750. The largest absolute Gasteiger partial charge is 0.356 e. The van der Waals surface area contributed by atoms with Crippen molar-refractivity contribution in [3.8, 4) is 0 Å². The number of rotatable bonds is 5. The van der Waals surface area contributed by atoms with Gasteiger partial charge in [0.05, 0.1) is 12.1 Å². The number of hydrogen-bond donors (Lipinski definition) is 1. The van der Waals surface area contributed by atoms with Crippen LogP contribution in [-0.2, 0) is 4.74 Å². The summed E-state index contributed by atoms with van der Waals surface area (Å²) in [6.45, 7) is 17.6. The van der Waals surface area contributed by atoms with E-state index in [0.29, 0.717) is 23.4 Å². The fourth-order valence-electron chi connectivity index (χ4n) is 10.5. The zero-order chi connectivity index (χ0) is 24.5. The number of hydrogen-bond acceptors (Lipinski definition) is 3. The number of ether oxygens (including phenoxy) is 1. The average Bonchev–Trinajstić information content (AvgIpc) is 3.24. The molecule has 0 aromatic rings. The summed E-state index contributed by atoms with van der Waals surface area (Å²) in [5.74, 6) is 6.16. The molecule has 1 N–H and O–H groups in total. The van der Waals surface area contributed by atoms with E-state index in [9.17, 15) is 5.21 Å². The molecule has 1 heterocycles. The Morgan fingerprint density at radius 1 is 0.853 bits per heavy atom. The summed E-state index contributed by atoms with van der Waals surface area (Å²) in [5, 5.41) is 12.7. The van der Waals surface area contributed by atoms with Crippen molar-refractivity contribution in [2.24, 2.45) is 52.3 Å². The van der Waals surface area contributed by atoms with Gasteiger partial charge >= 0.3 is 0 Å². The summed E-state index contributed by atoms with van der Waals surface area (Å²) in [6.07, 6.45) is 16.2. The maximum Gasteiger partial charge on any atom is 0.144 e. The normalized spacial score (nSPS) is 49.1. The van der Waals surface area contributed by atoms with Gasteiger partial charge in [0.15, 0.2) is 0 Å². The maximum absolute atomic E-state index is 11.1. The summed E-state index contributed by atoms with van der Waals surface area (Å²) >= 11 is 0. The number of hydroxylamine groups is 2. The molecule has 1 aliphatic heterocycles. The molecule has 3 heteroatoms. The Hall–Kier alpha value is -0.120. The Labute approximate surface area is 210 Å². The first-order valence-electron chi connectivity index (χ1n) is 15.1. The molecule has 1 saturated heterocycles. The minimum atomic E-state index is -0.423. The molecule has 0 amide bonds. The smallest absolute Gasteiger partial charge is 0.144 e. The van der Waals surface area contributed by atoms with Gasteiger partial charge in [-0.1, -0.05) is 53.9 Å². The lowest BCUT2D eigenvalue weighted by Gasteiger charge is -2.62. The van der Waals surface area contributed by atoms with E-state index in [4.69, 9.17) is 4.74 Å². The Morgan fingerprint density at radius 2 is 1.59 bits per heavy atom. The van der Waals surface area contributed by atoms with Crippen LogP contribution in [0.15, 0.2) is 0 Å². The third-order valence-corrected chi connectivity index (χ3v) is 12.5. The molecule has 34 heavy (non-hydrogen) atoms. The third-order valence-electron chi connectivity index (χ3n) is 12.5. The first kappa shape index (κ1) is 25.5. The van der Waals surface area contributed by atoms with Crippen LogP contribution in [0.1, 0.15) is 126 Å². The van der Waals surface area contributed by atoms with E-state index in [0.717, 1.165) is 48.3 Å². The van der Waals surface area contributed by atoms with E-state index in [1.165, 1.54) is 64.2 Å². The minimum absolute atomic E-state index is 0.262. The van der Waals surface area contributed by atoms with Crippen LogP contribution in [0, 0.1) is 52.3 Å². The quantitative estimate of drug-likeness (QED) is 0.436. The van der Waals surface area contributed by atoms with E-state index < -0.39 is 5.72 Å². The van der Waals surface area contributed by atoms with E-state index in [2.05, 4.69) is 48.5 Å². The standard InChI is InChI=1S/C31H55NO2/c1-21(2)9-8-10-22(3)25-13-14-26-24-12-11-23-19-31(32(33)28(4,5)20-34-31)18-17-29(23,6)27(24)15-16-30(25,26)7/h21-27,33H,8-20H2,1-7H3/t22-,23+,24?,25-,26?,27?,29+,30-,31?/m1/s1. The summed E-state index contributed by atoms with van der Waals surface area (Å²) in [4.78, 5) is 0. The van der Waals surface area contributed by atoms with Crippen molar-refractivity contribution in [3.05, 3.63) is 0 Å². The van der Waals surface area contributed by atoms with Gasteiger partial charge in [-0.2, -0.15) is 5.06 Å². The van der Waals surface area contributed by atoms with Gasteiger partial charge in [0.1, 0.15) is 5.72 Å². The first-order chi connectivity index (χ1) is 15.9. The lowest BCUT2D eigenvalue weighted by Crippen LogP contribution is -2.60. The van der Waals surface area contributed by atoms with Gasteiger partial charge in [0.2, 0.25) is 0 Å². The van der Waals surface area contributed by atoms with E-state index in [1.807, 2.05) is 0 Å². The van der Waals surface area contributed by atoms with Gasteiger partial charge in [-0.15, -0.1) is 0 Å². The van der Waals surface area contributed by atoms with Gasteiger partial charge in [0, 0.05) is 0 Å². The molecule has 5 rings (SSSR count). The molecule has 196 valence electrons. The molecule has 5 fully saturated rings. The van der Waals surface area contributed by atoms with Gasteiger partial charge in [-0.25, -0.2) is 0 Å². The summed E-state index contributed by atoms with van der Waals surface area (Å²) in [5.41, 5.74) is 0.335. The Balaban J connectivity index is 1.29. The van der Waals surface area contributed by atoms with Gasteiger partial charge in [-0.05, 0) is 124 Å². The van der Waals surface area contributed by atoms with Crippen LogP contribution in [-0.4, -0.2) is 28.1 Å². The lowest BCUT2D eigenvalue weighted by atomic mass is 9.44.